The van der Waals surface area contributed by atoms with Gasteiger partial charge in [-0.3, -0.25) is 0 Å². The van der Waals surface area contributed by atoms with E-state index in [9.17, 15) is 0 Å². The summed E-state index contributed by atoms with van der Waals surface area (Å²) in [4.78, 5) is 0. The molecule has 2 heteroatoms. The highest BCUT2D eigenvalue weighted by Gasteiger charge is 2.12. The molecule has 0 radical (unpaired) electrons. The van der Waals surface area contributed by atoms with E-state index in [-0.39, 0.29) is 6.04 Å². The molecule has 0 spiro atoms. The molecule has 0 fully saturated rings. The predicted octanol–water partition coefficient (Wildman–Crippen LogP) is 4.42. The van der Waals surface area contributed by atoms with Crippen LogP contribution in [0.1, 0.15) is 35.2 Å². The lowest BCUT2D eigenvalue weighted by atomic mass is 10.0. The quantitative estimate of drug-likeness (QED) is 0.881. The van der Waals surface area contributed by atoms with Gasteiger partial charge >= 0.3 is 0 Å². The summed E-state index contributed by atoms with van der Waals surface area (Å²) < 4.78 is 6.13. The summed E-state index contributed by atoms with van der Waals surface area (Å²) in [5, 5.41) is 0. The second-order valence-electron chi connectivity index (χ2n) is 5.08. The Bertz CT molecular complexity index is 588. The van der Waals surface area contributed by atoms with Gasteiger partial charge in [0.15, 0.2) is 0 Å². The highest BCUT2D eigenvalue weighted by molar-refractivity contribution is 5.48. The fourth-order valence-electron chi connectivity index (χ4n) is 2.14. The van der Waals surface area contributed by atoms with Gasteiger partial charge in [0.05, 0.1) is 0 Å². The minimum Gasteiger partial charge on any atom is -0.456 e. The van der Waals surface area contributed by atoms with Crippen LogP contribution in [-0.2, 0) is 0 Å². The Hall–Kier alpha value is -1.80. The van der Waals surface area contributed by atoms with Crippen LogP contribution in [0.25, 0.3) is 0 Å². The van der Waals surface area contributed by atoms with E-state index in [0.29, 0.717) is 0 Å². The Morgan fingerprint density at radius 1 is 0.947 bits per heavy atom. The molecule has 0 saturated heterocycles. The van der Waals surface area contributed by atoms with Crippen LogP contribution in [0, 0.1) is 20.8 Å². The molecule has 0 amide bonds. The third-order valence-electron chi connectivity index (χ3n) is 3.50. The van der Waals surface area contributed by atoms with Crippen LogP contribution in [0.15, 0.2) is 36.4 Å². The van der Waals surface area contributed by atoms with Gasteiger partial charge in [-0.1, -0.05) is 30.3 Å². The molecular formula is C17H21NO. The average molecular weight is 255 g/mol. The Balaban J connectivity index is 2.45. The van der Waals surface area contributed by atoms with Crippen molar-refractivity contribution in [1.82, 2.24) is 0 Å². The van der Waals surface area contributed by atoms with Gasteiger partial charge < -0.3 is 10.5 Å². The summed E-state index contributed by atoms with van der Waals surface area (Å²) in [5.74, 6) is 1.78. The van der Waals surface area contributed by atoms with Crippen LogP contribution in [0.4, 0.5) is 0 Å². The zero-order valence-electron chi connectivity index (χ0n) is 12.0. The van der Waals surface area contributed by atoms with Crippen molar-refractivity contribution >= 4 is 0 Å². The zero-order chi connectivity index (χ0) is 14.0. The largest absolute Gasteiger partial charge is 0.456 e. The van der Waals surface area contributed by atoms with Crippen molar-refractivity contribution in [1.29, 1.82) is 0 Å². The van der Waals surface area contributed by atoms with E-state index in [4.69, 9.17) is 10.5 Å². The molecular weight excluding hydrogens is 234 g/mol. The Morgan fingerprint density at radius 3 is 2.26 bits per heavy atom. The molecule has 2 nitrogen and oxygen atoms in total. The molecule has 100 valence electrons. The maximum absolute atomic E-state index is 6.13. The van der Waals surface area contributed by atoms with Gasteiger partial charge in [0, 0.05) is 11.6 Å². The standard InChI is InChI=1S/C17H21NO/c1-11-9-10-12(2)17(13(11)3)19-16-8-6-5-7-15(16)14(4)18/h5-10,14H,18H2,1-4H3. The summed E-state index contributed by atoms with van der Waals surface area (Å²) in [5.41, 5.74) is 10.6. The number of aryl methyl sites for hydroxylation is 2. The summed E-state index contributed by atoms with van der Waals surface area (Å²) in [6, 6.07) is 12.1. The van der Waals surface area contributed by atoms with Crippen molar-refractivity contribution < 1.29 is 4.74 Å². The van der Waals surface area contributed by atoms with Gasteiger partial charge in [0.25, 0.3) is 0 Å². The highest BCUT2D eigenvalue weighted by atomic mass is 16.5. The van der Waals surface area contributed by atoms with Crippen LogP contribution in [0.5, 0.6) is 11.5 Å². The van der Waals surface area contributed by atoms with Gasteiger partial charge in [0.2, 0.25) is 0 Å². The molecule has 0 heterocycles. The van der Waals surface area contributed by atoms with Crippen molar-refractivity contribution in [3.05, 3.63) is 58.7 Å². The fourth-order valence-corrected chi connectivity index (χ4v) is 2.14. The number of para-hydroxylation sites is 1. The van der Waals surface area contributed by atoms with Crippen LogP contribution in [0.2, 0.25) is 0 Å². The van der Waals surface area contributed by atoms with Crippen LogP contribution >= 0.6 is 0 Å². The molecule has 0 aromatic heterocycles. The highest BCUT2D eigenvalue weighted by Crippen LogP contribution is 2.33. The third kappa shape index (κ3) is 2.79. The minimum absolute atomic E-state index is 0.0402. The first kappa shape index (κ1) is 13.6. The molecule has 2 aromatic rings. The van der Waals surface area contributed by atoms with Crippen molar-refractivity contribution in [3.8, 4) is 11.5 Å². The lowest BCUT2D eigenvalue weighted by Gasteiger charge is -2.17. The van der Waals surface area contributed by atoms with Gasteiger partial charge in [0.1, 0.15) is 11.5 Å². The molecule has 0 aliphatic heterocycles. The van der Waals surface area contributed by atoms with E-state index in [0.717, 1.165) is 22.6 Å². The fraction of sp³-hybridized carbons (Fsp3) is 0.294. The lowest BCUT2D eigenvalue weighted by molar-refractivity contribution is 0.464. The number of hydrogen-bond donors (Lipinski definition) is 1. The summed E-state index contributed by atoms with van der Waals surface area (Å²) in [7, 11) is 0. The Kier molecular flexibility index (Phi) is 3.91. The molecule has 1 unspecified atom stereocenters. The zero-order valence-corrected chi connectivity index (χ0v) is 12.0. The van der Waals surface area contributed by atoms with E-state index in [1.807, 2.05) is 31.2 Å². The Morgan fingerprint density at radius 2 is 1.58 bits per heavy atom. The Labute approximate surface area is 115 Å². The van der Waals surface area contributed by atoms with E-state index in [1.165, 1.54) is 11.1 Å². The molecule has 2 N–H and O–H groups in total. The minimum atomic E-state index is -0.0402. The number of benzene rings is 2. The van der Waals surface area contributed by atoms with Gasteiger partial charge in [-0.2, -0.15) is 0 Å². The molecule has 2 rings (SSSR count). The van der Waals surface area contributed by atoms with E-state index >= 15 is 0 Å². The van der Waals surface area contributed by atoms with E-state index in [2.05, 4.69) is 32.9 Å². The first-order chi connectivity index (χ1) is 9.00. The second kappa shape index (κ2) is 5.45. The second-order valence-corrected chi connectivity index (χ2v) is 5.08. The van der Waals surface area contributed by atoms with Crippen molar-refractivity contribution in [2.45, 2.75) is 33.7 Å². The first-order valence-electron chi connectivity index (χ1n) is 6.60. The average Bonchev–Trinajstić information content (AvgIpc) is 2.39. The van der Waals surface area contributed by atoms with E-state index in [1.54, 1.807) is 0 Å². The third-order valence-corrected chi connectivity index (χ3v) is 3.50. The first-order valence-corrected chi connectivity index (χ1v) is 6.60. The maximum atomic E-state index is 6.13. The summed E-state index contributed by atoms with van der Waals surface area (Å²) >= 11 is 0. The van der Waals surface area contributed by atoms with Crippen LogP contribution in [-0.4, -0.2) is 0 Å². The normalized spacial score (nSPS) is 12.3. The molecule has 1 atom stereocenters. The number of nitrogens with two attached hydrogens (primary N) is 1. The van der Waals surface area contributed by atoms with Gasteiger partial charge in [-0.25, -0.2) is 0 Å². The van der Waals surface area contributed by atoms with E-state index < -0.39 is 0 Å². The molecule has 0 saturated carbocycles. The molecule has 0 aliphatic carbocycles. The van der Waals surface area contributed by atoms with Gasteiger partial charge in [-0.15, -0.1) is 0 Å². The van der Waals surface area contributed by atoms with Crippen LogP contribution < -0.4 is 10.5 Å². The topological polar surface area (TPSA) is 35.2 Å². The van der Waals surface area contributed by atoms with Crippen molar-refractivity contribution in [2.24, 2.45) is 5.73 Å². The maximum Gasteiger partial charge on any atom is 0.133 e. The molecule has 19 heavy (non-hydrogen) atoms. The number of hydrogen-bond acceptors (Lipinski definition) is 2. The number of rotatable bonds is 3. The summed E-state index contributed by atoms with van der Waals surface area (Å²) in [6.45, 7) is 8.22. The van der Waals surface area contributed by atoms with Gasteiger partial charge in [-0.05, 0) is 50.5 Å². The monoisotopic (exact) mass is 255 g/mol. The van der Waals surface area contributed by atoms with Crippen molar-refractivity contribution in [2.75, 3.05) is 0 Å². The predicted molar refractivity (Wildman–Crippen MR) is 79.8 cm³/mol. The summed E-state index contributed by atoms with van der Waals surface area (Å²) in [6.07, 6.45) is 0. The van der Waals surface area contributed by atoms with Crippen LogP contribution in [0.3, 0.4) is 0 Å². The lowest BCUT2D eigenvalue weighted by Crippen LogP contribution is -2.07. The molecule has 0 bridgehead atoms. The molecule has 2 aromatic carbocycles. The molecule has 0 aliphatic rings. The van der Waals surface area contributed by atoms with Crippen molar-refractivity contribution in [3.63, 3.8) is 0 Å². The SMILES string of the molecule is Cc1ccc(C)c(Oc2ccccc2C(C)N)c1C. The smallest absolute Gasteiger partial charge is 0.133 e. The number of ether oxygens (including phenoxy) is 1.